The third kappa shape index (κ3) is 7.92. The Balaban J connectivity index is 1.36. The van der Waals surface area contributed by atoms with E-state index in [-0.39, 0.29) is 30.7 Å². The SMILES string of the molecule is Cn1cc(NC(=O)COc2ccc(N(CCCl)CCCl)cc2)cc1-c1nc2ccc(C(=O)NCCC(=N)N)cc2[nH]1. The Kier molecular flexibility index (Phi) is 10.1. The number of hydrogen-bond acceptors (Lipinski definition) is 6. The zero-order valence-electron chi connectivity index (χ0n) is 22.5. The molecule has 2 heterocycles. The van der Waals surface area contributed by atoms with Gasteiger partial charge in [0.1, 0.15) is 5.75 Å². The maximum absolute atomic E-state index is 12.6. The summed E-state index contributed by atoms with van der Waals surface area (Å²) in [5.74, 6) is 1.61. The number of aromatic nitrogens is 3. The van der Waals surface area contributed by atoms with E-state index in [4.69, 9.17) is 39.1 Å². The topological polar surface area (TPSA) is 154 Å². The van der Waals surface area contributed by atoms with Crippen LogP contribution in [0.1, 0.15) is 16.8 Å². The number of H-pyrrole nitrogens is 1. The lowest BCUT2D eigenvalue weighted by Gasteiger charge is -2.23. The molecule has 4 rings (SSSR count). The molecule has 6 N–H and O–H groups in total. The van der Waals surface area contributed by atoms with E-state index in [1.165, 1.54) is 0 Å². The van der Waals surface area contributed by atoms with Crippen molar-refractivity contribution in [3.8, 4) is 17.3 Å². The molecule has 0 spiro atoms. The molecule has 0 atom stereocenters. The van der Waals surface area contributed by atoms with Gasteiger partial charge in [0, 0.05) is 62.3 Å². The van der Waals surface area contributed by atoms with Crippen LogP contribution in [0, 0.1) is 5.41 Å². The highest BCUT2D eigenvalue weighted by Crippen LogP contribution is 2.25. The molecule has 4 aromatic rings. The number of nitrogens with two attached hydrogens (primary N) is 1. The number of nitrogens with zero attached hydrogens (tertiary/aromatic N) is 3. The number of nitrogens with one attached hydrogen (secondary N) is 4. The van der Waals surface area contributed by atoms with Crippen molar-refractivity contribution in [3.63, 3.8) is 0 Å². The number of benzene rings is 2. The average Bonchev–Trinajstić information content (AvgIpc) is 3.54. The highest BCUT2D eigenvalue weighted by Gasteiger charge is 2.14. The Morgan fingerprint density at radius 2 is 1.85 bits per heavy atom. The minimum Gasteiger partial charge on any atom is -0.484 e. The second-order valence-corrected chi connectivity index (χ2v) is 10.0. The average molecular weight is 600 g/mol. The van der Waals surface area contributed by atoms with Crippen molar-refractivity contribution in [2.24, 2.45) is 12.8 Å². The van der Waals surface area contributed by atoms with Gasteiger partial charge in [-0.15, -0.1) is 23.2 Å². The van der Waals surface area contributed by atoms with Crippen LogP contribution in [0.5, 0.6) is 5.75 Å². The van der Waals surface area contributed by atoms with Crippen LogP contribution in [0.25, 0.3) is 22.6 Å². The summed E-state index contributed by atoms with van der Waals surface area (Å²) >= 11 is 11.8. The number of imidazole rings is 1. The predicted octanol–water partition coefficient (Wildman–Crippen LogP) is 3.93. The number of rotatable bonds is 14. The van der Waals surface area contributed by atoms with Crippen molar-refractivity contribution in [1.29, 1.82) is 5.41 Å². The van der Waals surface area contributed by atoms with Crippen LogP contribution in [0.4, 0.5) is 11.4 Å². The molecule has 0 unspecified atom stereocenters. The second kappa shape index (κ2) is 13.9. The predicted molar refractivity (Wildman–Crippen MR) is 164 cm³/mol. The molecule has 2 aromatic carbocycles. The fraction of sp³-hybridized carbons (Fsp3) is 0.286. The summed E-state index contributed by atoms with van der Waals surface area (Å²) in [7, 11) is 1.85. The van der Waals surface area contributed by atoms with E-state index in [9.17, 15) is 9.59 Å². The molecule has 0 aliphatic rings. The standard InChI is InChI=1S/C28H32Cl2N8O3/c1-37-16-19(34-26(39)17-41-21-5-3-20(4-6-21)38(12-9-29)13-10-30)15-24(37)27-35-22-7-2-18(14-23(22)36-27)28(40)33-11-8-25(31)32/h2-7,14-16H,8-13,17H2,1H3,(H3,31,32)(H,33,40)(H,34,39)(H,35,36). The van der Waals surface area contributed by atoms with Crippen LogP contribution in [0.15, 0.2) is 54.7 Å². The van der Waals surface area contributed by atoms with Gasteiger partial charge in [-0.2, -0.15) is 0 Å². The van der Waals surface area contributed by atoms with Gasteiger partial charge in [0.2, 0.25) is 0 Å². The van der Waals surface area contributed by atoms with Gasteiger partial charge >= 0.3 is 0 Å². The van der Waals surface area contributed by atoms with E-state index in [1.54, 1.807) is 36.5 Å². The molecule has 0 fully saturated rings. The molecule has 0 saturated carbocycles. The molecule has 2 aromatic heterocycles. The number of alkyl halides is 2. The number of carbonyl (C=O) groups is 2. The van der Waals surface area contributed by atoms with E-state index in [0.29, 0.717) is 65.3 Å². The number of hydrogen-bond donors (Lipinski definition) is 5. The number of carbonyl (C=O) groups excluding carboxylic acids is 2. The molecule has 0 aliphatic carbocycles. The van der Waals surface area contributed by atoms with Crippen LogP contribution in [-0.4, -0.2) is 70.2 Å². The van der Waals surface area contributed by atoms with Gasteiger partial charge in [0.25, 0.3) is 11.8 Å². The lowest BCUT2D eigenvalue weighted by Crippen LogP contribution is -2.27. The minimum atomic E-state index is -0.304. The number of anilines is 2. The Hall–Kier alpha value is -4.22. The van der Waals surface area contributed by atoms with Crippen molar-refractivity contribution in [3.05, 3.63) is 60.3 Å². The monoisotopic (exact) mass is 598 g/mol. The Bertz CT molecular complexity index is 1510. The minimum absolute atomic E-state index is 0.0174. The first-order chi connectivity index (χ1) is 19.8. The van der Waals surface area contributed by atoms with Gasteiger partial charge in [0.15, 0.2) is 12.4 Å². The molecule has 11 nitrogen and oxygen atoms in total. The molecule has 2 amide bonds. The van der Waals surface area contributed by atoms with Gasteiger partial charge in [-0.1, -0.05) is 0 Å². The maximum Gasteiger partial charge on any atom is 0.262 e. The van der Waals surface area contributed by atoms with Crippen molar-refractivity contribution >= 4 is 63.3 Å². The Labute approximate surface area is 247 Å². The number of aromatic amines is 1. The first-order valence-corrected chi connectivity index (χ1v) is 14.0. The van der Waals surface area contributed by atoms with Crippen molar-refractivity contribution < 1.29 is 14.3 Å². The van der Waals surface area contributed by atoms with Crippen LogP contribution in [0.2, 0.25) is 0 Å². The van der Waals surface area contributed by atoms with E-state index < -0.39 is 0 Å². The molecule has 216 valence electrons. The lowest BCUT2D eigenvalue weighted by atomic mass is 10.2. The van der Waals surface area contributed by atoms with E-state index in [1.807, 2.05) is 29.8 Å². The molecule has 0 bridgehead atoms. The number of fused-ring (bicyclic) bond motifs is 1. The van der Waals surface area contributed by atoms with Crippen LogP contribution in [0.3, 0.4) is 0 Å². The summed E-state index contributed by atoms with van der Waals surface area (Å²) in [6, 6.07) is 14.4. The van der Waals surface area contributed by atoms with Crippen LogP contribution < -0.4 is 26.0 Å². The largest absolute Gasteiger partial charge is 0.484 e. The van der Waals surface area contributed by atoms with Gasteiger partial charge in [-0.05, 0) is 48.5 Å². The van der Waals surface area contributed by atoms with E-state index >= 15 is 0 Å². The van der Waals surface area contributed by atoms with Crippen LogP contribution >= 0.6 is 23.2 Å². The molecule has 41 heavy (non-hydrogen) atoms. The number of amides is 2. The van der Waals surface area contributed by atoms with Crippen LogP contribution in [-0.2, 0) is 11.8 Å². The Morgan fingerprint density at radius 1 is 1.12 bits per heavy atom. The zero-order chi connectivity index (χ0) is 29.4. The van der Waals surface area contributed by atoms with Gasteiger partial charge in [0.05, 0.1) is 28.3 Å². The van der Waals surface area contributed by atoms with Crippen molar-refractivity contribution in [2.45, 2.75) is 6.42 Å². The van der Waals surface area contributed by atoms with Gasteiger partial charge in [-0.25, -0.2) is 4.98 Å². The summed E-state index contributed by atoms with van der Waals surface area (Å²) in [6.45, 7) is 1.51. The fourth-order valence-electron chi connectivity index (χ4n) is 4.23. The summed E-state index contributed by atoms with van der Waals surface area (Å²) in [5, 5.41) is 12.9. The normalized spacial score (nSPS) is 10.9. The van der Waals surface area contributed by atoms with Crippen molar-refractivity contribution in [1.82, 2.24) is 19.9 Å². The summed E-state index contributed by atoms with van der Waals surface area (Å²) in [4.78, 5) is 35.0. The number of halogens is 2. The third-order valence-corrected chi connectivity index (χ3v) is 6.57. The molecule has 13 heteroatoms. The van der Waals surface area contributed by atoms with Gasteiger partial charge < -0.3 is 35.6 Å². The fourth-order valence-corrected chi connectivity index (χ4v) is 4.63. The lowest BCUT2D eigenvalue weighted by molar-refractivity contribution is -0.118. The summed E-state index contributed by atoms with van der Waals surface area (Å²) in [6.07, 6.45) is 2.07. The van der Waals surface area contributed by atoms with E-state index in [0.717, 1.165) is 11.4 Å². The molecular weight excluding hydrogens is 567 g/mol. The molecular formula is C28H32Cl2N8O3. The van der Waals surface area contributed by atoms with Gasteiger partial charge in [-0.3, -0.25) is 15.0 Å². The third-order valence-electron chi connectivity index (χ3n) is 6.24. The first kappa shape index (κ1) is 29.8. The number of ether oxygens (including phenoxy) is 1. The summed E-state index contributed by atoms with van der Waals surface area (Å²) < 4.78 is 7.51. The quantitative estimate of drug-likeness (QED) is 0.0841. The highest BCUT2D eigenvalue weighted by atomic mass is 35.5. The Morgan fingerprint density at radius 3 is 2.54 bits per heavy atom. The maximum atomic E-state index is 12.6. The highest BCUT2D eigenvalue weighted by molar-refractivity contribution is 6.18. The summed E-state index contributed by atoms with van der Waals surface area (Å²) in [5.41, 5.74) is 9.51. The number of aryl methyl sites for hydroxylation is 1. The second-order valence-electron chi connectivity index (χ2n) is 9.27. The van der Waals surface area contributed by atoms with Crippen molar-refractivity contribution in [2.75, 3.05) is 48.2 Å². The molecule has 0 aliphatic heterocycles. The molecule has 0 radical (unpaired) electrons. The zero-order valence-corrected chi connectivity index (χ0v) is 24.1. The first-order valence-electron chi connectivity index (χ1n) is 12.9. The number of amidine groups is 1. The van der Waals surface area contributed by atoms with E-state index in [2.05, 4.69) is 25.5 Å². The smallest absolute Gasteiger partial charge is 0.262 e. The molecule has 0 saturated heterocycles.